The molecule has 0 aliphatic carbocycles. The van der Waals surface area contributed by atoms with Crippen molar-refractivity contribution in [3.63, 3.8) is 0 Å². The van der Waals surface area contributed by atoms with Crippen LogP contribution in [0.25, 0.3) is 10.9 Å². The zero-order valence-corrected chi connectivity index (χ0v) is 20.3. The highest BCUT2D eigenvalue weighted by atomic mass is 35.5. The van der Waals surface area contributed by atoms with Gasteiger partial charge in [-0.25, -0.2) is 0 Å². The number of rotatable bonds is 11. The largest absolute Gasteiger partial charge is 0.382 e. The number of fused-ring (bicyclic) bond motifs is 1. The second-order valence-electron chi connectivity index (χ2n) is 8.13. The molecule has 0 fully saturated rings. The van der Waals surface area contributed by atoms with Crippen molar-refractivity contribution in [2.75, 3.05) is 25.0 Å². The van der Waals surface area contributed by atoms with Crippen LogP contribution in [0.2, 0.25) is 10.0 Å². The van der Waals surface area contributed by atoms with Gasteiger partial charge in [-0.15, -0.1) is 0 Å². The molecule has 3 aromatic rings. The Balaban J connectivity index is 1.75. The third-order valence-corrected chi connectivity index (χ3v) is 6.44. The molecule has 1 atom stereocenters. The van der Waals surface area contributed by atoms with Gasteiger partial charge in [0.15, 0.2) is 0 Å². The molecule has 0 spiro atoms. The van der Waals surface area contributed by atoms with Gasteiger partial charge in [0.25, 0.3) is 0 Å². The fraction of sp³-hybridized carbons (Fsp3) is 0.423. The zero-order chi connectivity index (χ0) is 22.2. The van der Waals surface area contributed by atoms with Gasteiger partial charge < -0.3 is 10.2 Å². The molecule has 0 aliphatic heterocycles. The predicted molar refractivity (Wildman–Crippen MR) is 136 cm³/mol. The normalized spacial score (nSPS) is 12.5. The number of aromatic nitrogens is 1. The predicted octanol–water partition coefficient (Wildman–Crippen LogP) is 7.25. The Hall–Kier alpha value is -1.81. The molecule has 1 aromatic heterocycles. The van der Waals surface area contributed by atoms with Crippen molar-refractivity contribution in [1.29, 1.82) is 0 Å². The molecule has 166 valence electrons. The number of hydrogen-bond donors (Lipinski definition) is 1. The van der Waals surface area contributed by atoms with Gasteiger partial charge in [0.05, 0.1) is 5.52 Å². The van der Waals surface area contributed by atoms with Crippen LogP contribution in [0, 0.1) is 0 Å². The molecule has 3 rings (SSSR count). The first-order chi connectivity index (χ1) is 15.0. The van der Waals surface area contributed by atoms with E-state index >= 15 is 0 Å². The highest BCUT2D eigenvalue weighted by molar-refractivity contribution is 6.31. The van der Waals surface area contributed by atoms with Gasteiger partial charge in [0, 0.05) is 32.9 Å². The van der Waals surface area contributed by atoms with Crippen LogP contribution in [-0.2, 0) is 12.8 Å². The molecule has 1 unspecified atom stereocenters. The molecular weight excluding hydrogens is 425 g/mol. The maximum absolute atomic E-state index is 6.34. The number of aryl methyl sites for hydroxylation is 2. The molecule has 5 heteroatoms. The standard InChI is InChI=1S/C26H33Cl2N3/c1-4-31(5-2)16-8-9-19(3)29-26-18-22(14-12-20-10-6-7-11-24(20)28)30-25-17-21(27)13-15-23(25)26/h6-7,10-11,13,15,17-19H,4-5,8-9,12,14,16H2,1-3H3,(H,29,30). The zero-order valence-electron chi connectivity index (χ0n) is 18.8. The summed E-state index contributed by atoms with van der Waals surface area (Å²) in [4.78, 5) is 7.36. The van der Waals surface area contributed by atoms with Crippen LogP contribution in [0.15, 0.2) is 48.5 Å². The summed E-state index contributed by atoms with van der Waals surface area (Å²) in [6.45, 7) is 10.1. The quantitative estimate of drug-likeness (QED) is 0.328. The van der Waals surface area contributed by atoms with Crippen molar-refractivity contribution < 1.29 is 0 Å². The fourth-order valence-electron chi connectivity index (χ4n) is 3.97. The average Bonchev–Trinajstić information content (AvgIpc) is 2.76. The van der Waals surface area contributed by atoms with E-state index < -0.39 is 0 Å². The van der Waals surface area contributed by atoms with E-state index in [1.54, 1.807) is 0 Å². The van der Waals surface area contributed by atoms with E-state index in [0.717, 1.165) is 71.8 Å². The van der Waals surface area contributed by atoms with Gasteiger partial charge in [-0.2, -0.15) is 0 Å². The third-order valence-electron chi connectivity index (χ3n) is 5.84. The summed E-state index contributed by atoms with van der Waals surface area (Å²) >= 11 is 12.6. The first-order valence-electron chi connectivity index (χ1n) is 11.3. The van der Waals surface area contributed by atoms with Gasteiger partial charge >= 0.3 is 0 Å². The van der Waals surface area contributed by atoms with E-state index in [0.29, 0.717) is 11.1 Å². The minimum atomic E-state index is 0.383. The first kappa shape index (κ1) is 23.8. The summed E-state index contributed by atoms with van der Waals surface area (Å²) in [5.74, 6) is 0. The highest BCUT2D eigenvalue weighted by Crippen LogP contribution is 2.28. The van der Waals surface area contributed by atoms with Gasteiger partial charge in [-0.05, 0) is 88.1 Å². The Morgan fingerprint density at radius 3 is 2.52 bits per heavy atom. The van der Waals surface area contributed by atoms with Crippen LogP contribution < -0.4 is 5.32 Å². The summed E-state index contributed by atoms with van der Waals surface area (Å²) in [6.07, 6.45) is 4.00. The van der Waals surface area contributed by atoms with E-state index in [9.17, 15) is 0 Å². The number of halogens is 2. The number of anilines is 1. The van der Waals surface area contributed by atoms with E-state index in [1.807, 2.05) is 30.3 Å². The van der Waals surface area contributed by atoms with E-state index in [1.165, 1.54) is 6.42 Å². The number of nitrogens with one attached hydrogen (secondary N) is 1. The number of benzene rings is 2. The van der Waals surface area contributed by atoms with E-state index in [4.69, 9.17) is 28.2 Å². The minimum Gasteiger partial charge on any atom is -0.382 e. The lowest BCUT2D eigenvalue weighted by Gasteiger charge is -2.21. The lowest BCUT2D eigenvalue weighted by atomic mass is 10.1. The second-order valence-corrected chi connectivity index (χ2v) is 8.97. The van der Waals surface area contributed by atoms with E-state index in [2.05, 4.69) is 49.2 Å². The summed E-state index contributed by atoms with van der Waals surface area (Å²) in [6, 6.07) is 16.5. The smallest absolute Gasteiger partial charge is 0.0740 e. The molecule has 3 nitrogen and oxygen atoms in total. The lowest BCUT2D eigenvalue weighted by molar-refractivity contribution is 0.295. The van der Waals surface area contributed by atoms with Crippen LogP contribution in [0.4, 0.5) is 5.69 Å². The SMILES string of the molecule is CCN(CC)CCCC(C)Nc1cc(CCc2ccccc2Cl)nc2cc(Cl)ccc12. The molecule has 0 amide bonds. The first-order valence-corrected chi connectivity index (χ1v) is 12.1. The monoisotopic (exact) mass is 457 g/mol. The molecule has 31 heavy (non-hydrogen) atoms. The van der Waals surface area contributed by atoms with Crippen molar-refractivity contribution in [1.82, 2.24) is 9.88 Å². The Labute approximate surface area is 196 Å². The summed E-state index contributed by atoms with van der Waals surface area (Å²) in [7, 11) is 0. The van der Waals surface area contributed by atoms with Crippen molar-refractivity contribution in [2.24, 2.45) is 0 Å². The Kier molecular flexibility index (Phi) is 9.01. The van der Waals surface area contributed by atoms with Crippen molar-refractivity contribution in [2.45, 2.75) is 52.5 Å². The maximum atomic E-state index is 6.34. The topological polar surface area (TPSA) is 28.2 Å². The average molecular weight is 458 g/mol. The van der Waals surface area contributed by atoms with Gasteiger partial charge in [0.2, 0.25) is 0 Å². The maximum Gasteiger partial charge on any atom is 0.0740 e. The van der Waals surface area contributed by atoms with Gasteiger partial charge in [0.1, 0.15) is 0 Å². The van der Waals surface area contributed by atoms with E-state index in [-0.39, 0.29) is 0 Å². The Bertz CT molecular complexity index is 986. The molecule has 0 radical (unpaired) electrons. The number of hydrogen-bond acceptors (Lipinski definition) is 3. The number of pyridine rings is 1. The fourth-order valence-corrected chi connectivity index (χ4v) is 4.36. The Morgan fingerprint density at radius 2 is 1.77 bits per heavy atom. The molecule has 0 saturated carbocycles. The van der Waals surface area contributed by atoms with Crippen LogP contribution in [-0.4, -0.2) is 35.6 Å². The summed E-state index contributed by atoms with van der Waals surface area (Å²) in [5, 5.41) is 6.37. The molecule has 0 bridgehead atoms. The highest BCUT2D eigenvalue weighted by Gasteiger charge is 2.11. The van der Waals surface area contributed by atoms with Crippen molar-refractivity contribution >= 4 is 39.8 Å². The van der Waals surface area contributed by atoms with Crippen molar-refractivity contribution in [3.8, 4) is 0 Å². The van der Waals surface area contributed by atoms with Crippen molar-refractivity contribution in [3.05, 3.63) is 69.8 Å². The lowest BCUT2D eigenvalue weighted by Crippen LogP contribution is -2.25. The minimum absolute atomic E-state index is 0.383. The Morgan fingerprint density at radius 1 is 1.00 bits per heavy atom. The third kappa shape index (κ3) is 6.83. The van der Waals surface area contributed by atoms with Gasteiger partial charge in [-0.1, -0.05) is 55.2 Å². The van der Waals surface area contributed by atoms with Crippen LogP contribution in [0.3, 0.4) is 0 Å². The van der Waals surface area contributed by atoms with Crippen LogP contribution in [0.1, 0.15) is 44.9 Å². The second kappa shape index (κ2) is 11.7. The summed E-state index contributed by atoms with van der Waals surface area (Å²) < 4.78 is 0. The molecular formula is C26H33Cl2N3. The van der Waals surface area contributed by atoms with Gasteiger partial charge in [-0.3, -0.25) is 4.98 Å². The molecule has 0 aliphatic rings. The van der Waals surface area contributed by atoms with Crippen LogP contribution >= 0.6 is 23.2 Å². The molecule has 1 heterocycles. The number of nitrogens with zero attached hydrogens (tertiary/aromatic N) is 2. The molecule has 0 saturated heterocycles. The summed E-state index contributed by atoms with van der Waals surface area (Å²) in [5.41, 5.74) is 4.26. The molecule has 2 aromatic carbocycles. The van der Waals surface area contributed by atoms with Crippen LogP contribution in [0.5, 0.6) is 0 Å². The molecule has 1 N–H and O–H groups in total.